The van der Waals surface area contributed by atoms with E-state index in [2.05, 4.69) is 20.8 Å². The van der Waals surface area contributed by atoms with Crippen LogP contribution in [0.15, 0.2) is 18.2 Å². The van der Waals surface area contributed by atoms with Crippen molar-refractivity contribution in [3.63, 3.8) is 0 Å². The van der Waals surface area contributed by atoms with Crippen LogP contribution >= 0.6 is 0 Å². The number of carbonyl (C=O) groups is 1. The Kier molecular flexibility index (Phi) is 6.26. The maximum absolute atomic E-state index is 11.0. The molecule has 0 saturated heterocycles. The Labute approximate surface area is 109 Å². The highest BCUT2D eigenvalue weighted by molar-refractivity contribution is 5.79. The normalized spacial score (nSPS) is 10.4. The van der Waals surface area contributed by atoms with Crippen LogP contribution < -0.4 is 9.47 Å². The molecule has 0 aliphatic rings. The van der Waals surface area contributed by atoms with E-state index in [1.54, 1.807) is 18.2 Å². The lowest BCUT2D eigenvalue weighted by Gasteiger charge is -2.17. The number of hydrogen-bond donors (Lipinski definition) is 0. The van der Waals surface area contributed by atoms with Crippen LogP contribution in [0.4, 0.5) is 0 Å². The van der Waals surface area contributed by atoms with Crippen LogP contribution in [0.25, 0.3) is 0 Å². The van der Waals surface area contributed by atoms with Crippen molar-refractivity contribution in [2.24, 2.45) is 0 Å². The Hall–Kier alpha value is -1.51. The Bertz CT molecular complexity index is 370. The molecule has 0 heterocycles. The smallest absolute Gasteiger partial charge is 0.153 e. The number of carbonyl (C=O) groups excluding carboxylic acids is 1. The fraction of sp³-hybridized carbons (Fsp3) is 0.533. The summed E-state index contributed by atoms with van der Waals surface area (Å²) >= 11 is 0. The highest BCUT2D eigenvalue weighted by Gasteiger charge is 2.10. The molecule has 0 aliphatic carbocycles. The van der Waals surface area contributed by atoms with E-state index in [0.717, 1.165) is 31.3 Å². The van der Waals surface area contributed by atoms with Crippen molar-refractivity contribution in [2.75, 3.05) is 6.61 Å². The topological polar surface area (TPSA) is 35.5 Å². The van der Waals surface area contributed by atoms with Crippen LogP contribution in [0.3, 0.4) is 0 Å². The zero-order valence-corrected chi connectivity index (χ0v) is 11.4. The number of hydrogen-bond acceptors (Lipinski definition) is 3. The highest BCUT2D eigenvalue weighted by atomic mass is 16.5. The second-order valence-corrected chi connectivity index (χ2v) is 4.22. The van der Waals surface area contributed by atoms with Crippen molar-refractivity contribution >= 4 is 6.29 Å². The zero-order chi connectivity index (χ0) is 13.4. The van der Waals surface area contributed by atoms with E-state index in [-0.39, 0.29) is 6.10 Å². The summed E-state index contributed by atoms with van der Waals surface area (Å²) in [7, 11) is 0. The highest BCUT2D eigenvalue weighted by Crippen LogP contribution is 2.26. The molecule has 1 aromatic rings. The lowest BCUT2D eigenvalue weighted by atomic mass is 10.2. The minimum Gasteiger partial charge on any atom is -0.493 e. The predicted octanol–water partition coefficient (Wildman–Crippen LogP) is 3.86. The van der Waals surface area contributed by atoms with Gasteiger partial charge in [-0.1, -0.05) is 20.8 Å². The molecular weight excluding hydrogens is 228 g/mol. The van der Waals surface area contributed by atoms with E-state index in [9.17, 15) is 4.79 Å². The summed E-state index contributed by atoms with van der Waals surface area (Å²) < 4.78 is 11.4. The summed E-state index contributed by atoms with van der Waals surface area (Å²) in [6.45, 7) is 6.88. The third-order valence-electron chi connectivity index (χ3n) is 2.79. The molecule has 3 nitrogen and oxygen atoms in total. The van der Waals surface area contributed by atoms with E-state index in [4.69, 9.17) is 9.47 Å². The number of rotatable bonds is 8. The fourth-order valence-electron chi connectivity index (χ4n) is 1.66. The van der Waals surface area contributed by atoms with Crippen molar-refractivity contribution in [1.29, 1.82) is 0 Å². The number of aldehydes is 1. The van der Waals surface area contributed by atoms with E-state index >= 15 is 0 Å². The van der Waals surface area contributed by atoms with Crippen LogP contribution in [0.1, 0.15) is 50.4 Å². The summed E-state index contributed by atoms with van der Waals surface area (Å²) in [6.07, 6.45) is 3.77. The summed E-state index contributed by atoms with van der Waals surface area (Å²) in [5.74, 6) is 1.37. The lowest BCUT2D eigenvalue weighted by Crippen LogP contribution is -2.14. The van der Waals surface area contributed by atoms with Crippen molar-refractivity contribution in [3.8, 4) is 11.5 Å². The molecule has 0 aromatic heterocycles. The number of benzene rings is 1. The molecule has 1 aromatic carbocycles. The molecule has 0 radical (unpaired) electrons. The molecule has 18 heavy (non-hydrogen) atoms. The van der Waals surface area contributed by atoms with Gasteiger partial charge in [-0.15, -0.1) is 0 Å². The number of ether oxygens (including phenoxy) is 2. The Morgan fingerprint density at radius 2 is 1.94 bits per heavy atom. The summed E-state index contributed by atoms with van der Waals surface area (Å²) in [5, 5.41) is 0. The average molecular weight is 250 g/mol. The maximum Gasteiger partial charge on any atom is 0.153 e. The molecule has 3 heteroatoms. The molecular formula is C15H22O3. The third kappa shape index (κ3) is 4.06. The van der Waals surface area contributed by atoms with Crippen LogP contribution in [-0.2, 0) is 0 Å². The van der Waals surface area contributed by atoms with Gasteiger partial charge in [-0.25, -0.2) is 0 Å². The molecule has 0 N–H and O–H groups in total. The molecule has 0 unspecified atom stereocenters. The SMILES string of the molecule is CCCOc1ccc(C=O)c(OC(CC)CC)c1. The van der Waals surface area contributed by atoms with Gasteiger partial charge in [0.15, 0.2) is 6.29 Å². The second kappa shape index (κ2) is 7.75. The van der Waals surface area contributed by atoms with Gasteiger partial charge in [0.2, 0.25) is 0 Å². The summed E-state index contributed by atoms with van der Waals surface area (Å²) in [5.41, 5.74) is 0.575. The molecule has 0 atom stereocenters. The van der Waals surface area contributed by atoms with Crippen LogP contribution in [0.2, 0.25) is 0 Å². The largest absolute Gasteiger partial charge is 0.493 e. The molecule has 0 saturated carbocycles. The molecule has 0 spiro atoms. The van der Waals surface area contributed by atoms with Gasteiger partial charge in [0, 0.05) is 6.07 Å². The second-order valence-electron chi connectivity index (χ2n) is 4.22. The first-order chi connectivity index (χ1) is 8.74. The standard InChI is InChI=1S/C15H22O3/c1-4-9-17-14-8-7-12(11-16)15(10-14)18-13(5-2)6-3/h7-8,10-11,13H,4-6,9H2,1-3H3. The minimum atomic E-state index is 0.144. The zero-order valence-electron chi connectivity index (χ0n) is 11.4. The van der Waals surface area contributed by atoms with Crippen molar-refractivity contribution in [2.45, 2.75) is 46.1 Å². The van der Waals surface area contributed by atoms with Gasteiger partial charge in [0.25, 0.3) is 0 Å². The fourth-order valence-corrected chi connectivity index (χ4v) is 1.66. The van der Waals surface area contributed by atoms with E-state index < -0.39 is 0 Å². The summed E-state index contributed by atoms with van der Waals surface area (Å²) in [6, 6.07) is 5.35. The van der Waals surface area contributed by atoms with Crippen LogP contribution in [0, 0.1) is 0 Å². The van der Waals surface area contributed by atoms with Gasteiger partial charge in [-0.05, 0) is 31.4 Å². The van der Waals surface area contributed by atoms with Gasteiger partial charge in [-0.2, -0.15) is 0 Å². The molecule has 0 bridgehead atoms. The monoisotopic (exact) mass is 250 g/mol. The van der Waals surface area contributed by atoms with E-state index in [1.807, 2.05) is 0 Å². The quantitative estimate of drug-likeness (QED) is 0.657. The Morgan fingerprint density at radius 1 is 1.22 bits per heavy atom. The molecule has 1 rings (SSSR count). The lowest BCUT2D eigenvalue weighted by molar-refractivity contribution is 0.111. The van der Waals surface area contributed by atoms with Crippen LogP contribution in [0.5, 0.6) is 11.5 Å². The summed E-state index contributed by atoms with van der Waals surface area (Å²) in [4.78, 5) is 11.0. The van der Waals surface area contributed by atoms with Crippen LogP contribution in [-0.4, -0.2) is 19.0 Å². The minimum absolute atomic E-state index is 0.144. The first-order valence-corrected chi connectivity index (χ1v) is 6.63. The van der Waals surface area contributed by atoms with Gasteiger partial charge in [0.1, 0.15) is 11.5 Å². The average Bonchev–Trinajstić information content (AvgIpc) is 2.42. The third-order valence-corrected chi connectivity index (χ3v) is 2.79. The molecule has 0 fully saturated rings. The Morgan fingerprint density at radius 3 is 2.50 bits per heavy atom. The van der Waals surface area contributed by atoms with Gasteiger partial charge in [0.05, 0.1) is 18.3 Å². The van der Waals surface area contributed by atoms with Crippen molar-refractivity contribution in [3.05, 3.63) is 23.8 Å². The van der Waals surface area contributed by atoms with Gasteiger partial charge >= 0.3 is 0 Å². The van der Waals surface area contributed by atoms with Crippen molar-refractivity contribution < 1.29 is 14.3 Å². The first kappa shape index (κ1) is 14.6. The molecule has 0 amide bonds. The van der Waals surface area contributed by atoms with E-state index in [1.165, 1.54) is 0 Å². The Balaban J connectivity index is 2.87. The maximum atomic E-state index is 11.0. The van der Waals surface area contributed by atoms with E-state index in [0.29, 0.717) is 17.9 Å². The van der Waals surface area contributed by atoms with Crippen molar-refractivity contribution in [1.82, 2.24) is 0 Å². The molecule has 0 aliphatic heterocycles. The van der Waals surface area contributed by atoms with Gasteiger partial charge < -0.3 is 9.47 Å². The predicted molar refractivity (Wildman–Crippen MR) is 72.6 cm³/mol. The first-order valence-electron chi connectivity index (χ1n) is 6.63. The van der Waals surface area contributed by atoms with Gasteiger partial charge in [-0.3, -0.25) is 4.79 Å². The molecule has 100 valence electrons.